The monoisotopic (exact) mass is 207 g/mol. The molecule has 0 amide bonds. The molecule has 0 saturated heterocycles. The molecule has 3 N–H and O–H groups in total. The average molecular weight is 207 g/mol. The number of thiophene rings is 1. The van der Waals surface area contributed by atoms with Gasteiger partial charge in [-0.2, -0.15) is 0 Å². The fourth-order valence-electron chi connectivity index (χ4n) is 1.28. The number of H-pyrrole nitrogens is 1. The van der Waals surface area contributed by atoms with Gasteiger partial charge in [-0.25, -0.2) is 4.98 Å². The minimum absolute atomic E-state index is 0.513. The normalized spacial score (nSPS) is 10.7. The first-order valence-corrected chi connectivity index (χ1v) is 5.48. The van der Waals surface area contributed by atoms with Gasteiger partial charge in [0.25, 0.3) is 0 Å². The number of nitrogens with two attached hydrogens (primary N) is 1. The summed E-state index contributed by atoms with van der Waals surface area (Å²) < 4.78 is 0. The molecule has 0 atom stereocenters. The van der Waals surface area contributed by atoms with Crippen molar-refractivity contribution in [3.63, 3.8) is 0 Å². The third-order valence-electron chi connectivity index (χ3n) is 2.09. The third kappa shape index (κ3) is 1.71. The summed E-state index contributed by atoms with van der Waals surface area (Å²) in [5.41, 5.74) is 6.48. The van der Waals surface area contributed by atoms with Crippen molar-refractivity contribution >= 4 is 11.3 Å². The van der Waals surface area contributed by atoms with E-state index in [1.54, 1.807) is 17.5 Å². The van der Waals surface area contributed by atoms with Gasteiger partial charge in [-0.05, 0) is 18.6 Å². The van der Waals surface area contributed by atoms with Crippen LogP contribution in [0.4, 0.5) is 0 Å². The van der Waals surface area contributed by atoms with Crippen molar-refractivity contribution < 1.29 is 0 Å². The van der Waals surface area contributed by atoms with Crippen molar-refractivity contribution in [3.05, 3.63) is 28.9 Å². The first kappa shape index (κ1) is 9.43. The lowest BCUT2D eigenvalue weighted by Gasteiger charge is -1.90. The number of nitrogens with one attached hydrogen (secondary N) is 1. The van der Waals surface area contributed by atoms with E-state index in [9.17, 15) is 0 Å². The smallest absolute Gasteiger partial charge is 0.147 e. The summed E-state index contributed by atoms with van der Waals surface area (Å²) in [6.07, 6.45) is 2.87. The van der Waals surface area contributed by atoms with Crippen molar-refractivity contribution in [3.8, 4) is 10.7 Å². The zero-order valence-electron chi connectivity index (χ0n) is 8.08. The van der Waals surface area contributed by atoms with Crippen molar-refractivity contribution in [2.75, 3.05) is 0 Å². The minimum atomic E-state index is 0.513. The van der Waals surface area contributed by atoms with Crippen LogP contribution in [0.3, 0.4) is 0 Å². The van der Waals surface area contributed by atoms with Gasteiger partial charge < -0.3 is 10.7 Å². The zero-order chi connectivity index (χ0) is 9.97. The molecule has 2 rings (SSSR count). The topological polar surface area (TPSA) is 54.7 Å². The minimum Gasteiger partial charge on any atom is -0.340 e. The van der Waals surface area contributed by atoms with Crippen LogP contribution in [0.25, 0.3) is 10.7 Å². The Morgan fingerprint density at radius 2 is 2.36 bits per heavy atom. The highest BCUT2D eigenvalue weighted by atomic mass is 32.1. The molecule has 2 heterocycles. The van der Waals surface area contributed by atoms with Crippen LogP contribution in [0.2, 0.25) is 0 Å². The van der Waals surface area contributed by atoms with Crippen LogP contribution >= 0.6 is 11.3 Å². The van der Waals surface area contributed by atoms with Gasteiger partial charge in [0.15, 0.2) is 0 Å². The maximum absolute atomic E-state index is 5.50. The highest BCUT2D eigenvalue weighted by Gasteiger charge is 2.05. The number of rotatable bonds is 3. The molecule has 3 nitrogen and oxygen atoms in total. The van der Waals surface area contributed by atoms with Crippen LogP contribution in [0.15, 0.2) is 18.3 Å². The van der Waals surface area contributed by atoms with E-state index in [0.29, 0.717) is 6.54 Å². The van der Waals surface area contributed by atoms with Crippen LogP contribution in [-0.2, 0) is 13.0 Å². The Kier molecular flexibility index (Phi) is 2.65. The molecule has 74 valence electrons. The predicted molar refractivity (Wildman–Crippen MR) is 59.2 cm³/mol. The second-order valence-corrected chi connectivity index (χ2v) is 4.25. The van der Waals surface area contributed by atoms with E-state index in [0.717, 1.165) is 17.9 Å². The van der Waals surface area contributed by atoms with Gasteiger partial charge in [-0.3, -0.25) is 0 Å². The highest BCUT2D eigenvalue weighted by molar-refractivity contribution is 7.15. The molecule has 2 aromatic rings. The first-order chi connectivity index (χ1) is 6.83. The molecular weight excluding hydrogens is 194 g/mol. The first-order valence-electron chi connectivity index (χ1n) is 4.66. The summed E-state index contributed by atoms with van der Waals surface area (Å²) in [4.78, 5) is 10.0. The average Bonchev–Trinajstić information content (AvgIpc) is 2.86. The Balaban J connectivity index is 2.29. The quantitative estimate of drug-likeness (QED) is 0.810. The molecule has 0 aromatic carbocycles. The van der Waals surface area contributed by atoms with Gasteiger partial charge in [0.05, 0.1) is 4.88 Å². The fourth-order valence-corrected chi connectivity index (χ4v) is 2.18. The van der Waals surface area contributed by atoms with Gasteiger partial charge in [-0.15, -0.1) is 11.3 Å². The molecule has 2 aromatic heterocycles. The highest BCUT2D eigenvalue weighted by Crippen LogP contribution is 2.25. The molecule has 0 radical (unpaired) electrons. The standard InChI is InChI=1S/C10H13N3S/c1-2-8-3-4-9(14-8)10-12-6-7(5-11)13-10/h3-4,6H,2,5,11H2,1H3,(H,12,13). The van der Waals surface area contributed by atoms with Crippen molar-refractivity contribution in [1.82, 2.24) is 9.97 Å². The molecule has 0 unspecified atom stereocenters. The Morgan fingerprint density at radius 3 is 2.93 bits per heavy atom. The van der Waals surface area contributed by atoms with Crippen molar-refractivity contribution in [2.24, 2.45) is 5.73 Å². The molecule has 0 aliphatic heterocycles. The number of imidazole rings is 1. The molecule has 14 heavy (non-hydrogen) atoms. The van der Waals surface area contributed by atoms with E-state index < -0.39 is 0 Å². The van der Waals surface area contributed by atoms with Crippen LogP contribution in [0.5, 0.6) is 0 Å². The lowest BCUT2D eigenvalue weighted by atomic mass is 10.3. The molecule has 4 heteroatoms. The Morgan fingerprint density at radius 1 is 1.50 bits per heavy atom. The third-order valence-corrected chi connectivity index (χ3v) is 3.33. The number of aromatic amines is 1. The summed E-state index contributed by atoms with van der Waals surface area (Å²) in [6, 6.07) is 4.24. The van der Waals surface area contributed by atoms with Crippen molar-refractivity contribution in [2.45, 2.75) is 19.9 Å². The number of hydrogen-bond acceptors (Lipinski definition) is 3. The van der Waals surface area contributed by atoms with Crippen LogP contribution < -0.4 is 5.73 Å². The van der Waals surface area contributed by atoms with Gasteiger partial charge in [0, 0.05) is 23.3 Å². The zero-order valence-corrected chi connectivity index (χ0v) is 8.90. The summed E-state index contributed by atoms with van der Waals surface area (Å²) in [7, 11) is 0. The Hall–Kier alpha value is -1.13. The van der Waals surface area contributed by atoms with E-state index in [1.165, 1.54) is 9.75 Å². The van der Waals surface area contributed by atoms with Crippen LogP contribution in [-0.4, -0.2) is 9.97 Å². The molecule has 0 spiro atoms. The molecule has 0 aliphatic rings. The maximum atomic E-state index is 5.50. The molecule has 0 aliphatic carbocycles. The summed E-state index contributed by atoms with van der Waals surface area (Å²) >= 11 is 1.78. The van der Waals surface area contributed by atoms with Gasteiger partial charge in [0.2, 0.25) is 0 Å². The Bertz CT molecular complexity index is 376. The summed E-state index contributed by atoms with van der Waals surface area (Å²) in [5, 5.41) is 0. The van der Waals surface area contributed by atoms with Gasteiger partial charge >= 0.3 is 0 Å². The van der Waals surface area contributed by atoms with Crippen LogP contribution in [0, 0.1) is 0 Å². The summed E-state index contributed by atoms with van der Waals surface area (Å²) in [6.45, 7) is 2.67. The number of hydrogen-bond donors (Lipinski definition) is 2. The van der Waals surface area contributed by atoms with E-state index in [2.05, 4.69) is 29.0 Å². The summed E-state index contributed by atoms with van der Waals surface area (Å²) in [5.74, 6) is 0.926. The maximum Gasteiger partial charge on any atom is 0.147 e. The second-order valence-electron chi connectivity index (χ2n) is 3.08. The van der Waals surface area contributed by atoms with Gasteiger partial charge in [0.1, 0.15) is 5.82 Å². The lowest BCUT2D eigenvalue weighted by molar-refractivity contribution is 1.01. The number of aromatic nitrogens is 2. The lowest BCUT2D eigenvalue weighted by Crippen LogP contribution is -1.95. The Labute approximate surface area is 87.0 Å². The van der Waals surface area contributed by atoms with E-state index in [-0.39, 0.29) is 0 Å². The number of nitrogens with zero attached hydrogens (tertiary/aromatic N) is 1. The van der Waals surface area contributed by atoms with Crippen molar-refractivity contribution in [1.29, 1.82) is 0 Å². The fraction of sp³-hybridized carbons (Fsp3) is 0.300. The van der Waals surface area contributed by atoms with E-state index in [4.69, 9.17) is 5.73 Å². The molecular formula is C10H13N3S. The molecule has 0 saturated carbocycles. The van der Waals surface area contributed by atoms with Crippen LogP contribution in [0.1, 0.15) is 17.5 Å². The second kappa shape index (κ2) is 3.94. The SMILES string of the molecule is CCc1ccc(-c2ncc(CN)[nH]2)s1. The molecule has 0 fully saturated rings. The van der Waals surface area contributed by atoms with E-state index in [1.807, 2.05) is 0 Å². The van der Waals surface area contributed by atoms with E-state index >= 15 is 0 Å². The van der Waals surface area contributed by atoms with Gasteiger partial charge in [-0.1, -0.05) is 6.92 Å². The molecule has 0 bridgehead atoms. The largest absolute Gasteiger partial charge is 0.340 e. The predicted octanol–water partition coefficient (Wildman–Crippen LogP) is 2.16. The number of aryl methyl sites for hydroxylation is 1.